The van der Waals surface area contributed by atoms with E-state index in [-0.39, 0.29) is 17.3 Å². The molecule has 1 aliphatic rings. The van der Waals surface area contributed by atoms with Crippen molar-refractivity contribution in [2.24, 2.45) is 13.0 Å². The number of halogens is 1. The monoisotopic (exact) mass is 389 g/mol. The molecule has 0 spiro atoms. The predicted molar refractivity (Wildman–Crippen MR) is 98.7 cm³/mol. The van der Waals surface area contributed by atoms with Crippen LogP contribution < -0.4 is 11.1 Å². The highest BCUT2D eigenvalue weighted by Crippen LogP contribution is 2.25. The average molecular weight is 390 g/mol. The van der Waals surface area contributed by atoms with Crippen LogP contribution in [0.4, 0.5) is 0 Å². The van der Waals surface area contributed by atoms with Gasteiger partial charge in [0, 0.05) is 26.2 Å². The molecule has 0 atom stereocenters. The Morgan fingerprint density at radius 1 is 1.28 bits per heavy atom. The van der Waals surface area contributed by atoms with Crippen LogP contribution in [0.25, 0.3) is 11.1 Å². The minimum atomic E-state index is -3.56. The van der Waals surface area contributed by atoms with Crippen LogP contribution in [0.5, 0.6) is 0 Å². The van der Waals surface area contributed by atoms with Crippen LogP contribution in [0.15, 0.2) is 32.3 Å². The molecule has 1 aromatic carbocycles. The van der Waals surface area contributed by atoms with Gasteiger partial charge in [0.15, 0.2) is 5.58 Å². The number of hydrogen-bond acceptors (Lipinski definition) is 5. The van der Waals surface area contributed by atoms with Crippen molar-refractivity contribution in [3.05, 3.63) is 28.7 Å². The first-order valence-corrected chi connectivity index (χ1v) is 9.68. The van der Waals surface area contributed by atoms with Gasteiger partial charge in [-0.25, -0.2) is 13.2 Å². The molecule has 1 N–H and O–H groups in total. The summed E-state index contributed by atoms with van der Waals surface area (Å²) < 4.78 is 33.6. The van der Waals surface area contributed by atoms with Crippen molar-refractivity contribution in [2.75, 3.05) is 26.2 Å². The molecule has 0 saturated carbocycles. The lowest BCUT2D eigenvalue weighted by Gasteiger charge is -2.31. The second-order valence-electron chi connectivity index (χ2n) is 6.21. The fourth-order valence-electron chi connectivity index (χ4n) is 3.13. The van der Waals surface area contributed by atoms with Crippen molar-refractivity contribution in [3.63, 3.8) is 0 Å². The highest BCUT2D eigenvalue weighted by Gasteiger charge is 2.29. The fourth-order valence-corrected chi connectivity index (χ4v) is 4.61. The maximum absolute atomic E-state index is 12.8. The largest absolute Gasteiger partial charge is 0.419 e. The molecule has 2 aromatic rings. The van der Waals surface area contributed by atoms with Gasteiger partial charge in [-0.2, -0.15) is 4.31 Å². The van der Waals surface area contributed by atoms with Gasteiger partial charge in [-0.15, -0.1) is 12.4 Å². The van der Waals surface area contributed by atoms with Crippen LogP contribution in [0, 0.1) is 5.92 Å². The Morgan fingerprint density at radius 3 is 2.60 bits per heavy atom. The van der Waals surface area contributed by atoms with E-state index in [9.17, 15) is 13.2 Å². The number of sulfonamides is 1. The first-order chi connectivity index (χ1) is 11.4. The molecule has 1 saturated heterocycles. The second-order valence-corrected chi connectivity index (χ2v) is 8.15. The maximum atomic E-state index is 12.8. The van der Waals surface area contributed by atoms with Crippen molar-refractivity contribution in [1.82, 2.24) is 14.2 Å². The first-order valence-electron chi connectivity index (χ1n) is 8.24. The molecule has 1 aliphatic heterocycles. The minimum Gasteiger partial charge on any atom is -0.408 e. The molecule has 1 fully saturated rings. The van der Waals surface area contributed by atoms with E-state index >= 15 is 0 Å². The summed E-state index contributed by atoms with van der Waals surface area (Å²) in [5.41, 5.74) is 0.883. The van der Waals surface area contributed by atoms with Crippen molar-refractivity contribution in [2.45, 2.75) is 24.7 Å². The number of nitrogens with zero attached hydrogens (tertiary/aromatic N) is 2. The number of hydrogen-bond donors (Lipinski definition) is 1. The van der Waals surface area contributed by atoms with Crippen molar-refractivity contribution in [1.29, 1.82) is 0 Å². The van der Waals surface area contributed by atoms with Gasteiger partial charge in [-0.1, -0.05) is 6.92 Å². The summed E-state index contributed by atoms with van der Waals surface area (Å²) in [6.07, 6.45) is 1.71. The van der Waals surface area contributed by atoms with Crippen molar-refractivity contribution < 1.29 is 12.8 Å². The van der Waals surface area contributed by atoms with Gasteiger partial charge in [0.25, 0.3) is 0 Å². The molecule has 0 aliphatic carbocycles. The lowest BCUT2D eigenvalue weighted by molar-refractivity contribution is 0.268. The van der Waals surface area contributed by atoms with E-state index in [4.69, 9.17) is 4.42 Å². The third-order valence-electron chi connectivity index (χ3n) is 4.66. The number of rotatable bonds is 5. The van der Waals surface area contributed by atoms with Crippen LogP contribution in [0.1, 0.15) is 19.8 Å². The molecule has 2 heterocycles. The molecular weight excluding hydrogens is 366 g/mol. The summed E-state index contributed by atoms with van der Waals surface area (Å²) in [5.74, 6) is 0.0230. The molecular formula is C16H24ClN3O4S. The Hall–Kier alpha value is -1.35. The summed E-state index contributed by atoms with van der Waals surface area (Å²) in [4.78, 5) is 11.7. The van der Waals surface area contributed by atoms with Gasteiger partial charge < -0.3 is 9.73 Å². The summed E-state index contributed by atoms with van der Waals surface area (Å²) in [6, 6.07) is 4.60. The van der Waals surface area contributed by atoms with Gasteiger partial charge in [0.1, 0.15) is 0 Å². The van der Waals surface area contributed by atoms with Crippen LogP contribution in [0.3, 0.4) is 0 Å². The molecule has 0 bridgehead atoms. The van der Waals surface area contributed by atoms with Crippen LogP contribution in [-0.4, -0.2) is 43.5 Å². The molecule has 9 heteroatoms. The molecule has 140 valence electrons. The van der Waals surface area contributed by atoms with Gasteiger partial charge >= 0.3 is 5.76 Å². The van der Waals surface area contributed by atoms with Crippen molar-refractivity contribution >= 4 is 33.5 Å². The number of benzene rings is 1. The number of oxazole rings is 1. The Bertz CT molecular complexity index is 882. The van der Waals surface area contributed by atoms with E-state index in [1.165, 1.54) is 21.0 Å². The first kappa shape index (κ1) is 20.0. The molecule has 25 heavy (non-hydrogen) atoms. The Morgan fingerprint density at radius 2 is 1.96 bits per heavy atom. The van der Waals surface area contributed by atoms with Crippen molar-refractivity contribution in [3.8, 4) is 0 Å². The lowest BCUT2D eigenvalue weighted by atomic mass is 9.98. The molecule has 0 amide bonds. The molecule has 7 nitrogen and oxygen atoms in total. The van der Waals surface area contributed by atoms with Gasteiger partial charge in [0.05, 0.1) is 10.4 Å². The SMILES string of the molecule is CCNCC1CCN(S(=O)(=O)c2ccc3c(c2)oc(=O)n3C)CC1.Cl. The maximum Gasteiger partial charge on any atom is 0.419 e. The highest BCUT2D eigenvalue weighted by atomic mass is 35.5. The summed E-state index contributed by atoms with van der Waals surface area (Å²) in [6.45, 7) is 4.98. The standard InChI is InChI=1S/C16H23N3O4S.ClH/c1-3-17-11-12-6-8-19(9-7-12)24(21,22)13-4-5-14-15(10-13)23-16(20)18(14)2;/h4-5,10,12,17H,3,6-9,11H2,1-2H3;1H. The third-order valence-corrected chi connectivity index (χ3v) is 6.55. The van der Waals surface area contributed by atoms with E-state index in [0.717, 1.165) is 25.9 Å². The average Bonchev–Trinajstić information content (AvgIpc) is 2.87. The van der Waals surface area contributed by atoms with Crippen LogP contribution >= 0.6 is 12.4 Å². The number of nitrogens with one attached hydrogen (secondary N) is 1. The van der Waals surface area contributed by atoms with E-state index in [0.29, 0.717) is 30.1 Å². The smallest absolute Gasteiger partial charge is 0.408 e. The number of aromatic nitrogens is 1. The zero-order valence-corrected chi connectivity index (χ0v) is 16.0. The van der Waals surface area contributed by atoms with Crippen LogP contribution in [0.2, 0.25) is 0 Å². The van der Waals surface area contributed by atoms with E-state index in [1.807, 2.05) is 0 Å². The van der Waals surface area contributed by atoms with E-state index < -0.39 is 15.8 Å². The van der Waals surface area contributed by atoms with Gasteiger partial charge in [-0.3, -0.25) is 4.57 Å². The second kappa shape index (κ2) is 7.90. The zero-order chi connectivity index (χ0) is 17.3. The number of fused-ring (bicyclic) bond motifs is 1. The lowest BCUT2D eigenvalue weighted by Crippen LogP contribution is -2.40. The summed E-state index contributed by atoms with van der Waals surface area (Å²) >= 11 is 0. The molecule has 0 radical (unpaired) electrons. The topological polar surface area (TPSA) is 84.6 Å². The van der Waals surface area contributed by atoms with Crippen LogP contribution in [-0.2, 0) is 17.1 Å². The zero-order valence-electron chi connectivity index (χ0n) is 14.4. The Labute approximate surface area is 153 Å². The number of aryl methyl sites for hydroxylation is 1. The fraction of sp³-hybridized carbons (Fsp3) is 0.562. The Kier molecular flexibility index (Phi) is 6.31. The molecule has 1 aromatic heterocycles. The van der Waals surface area contributed by atoms with Gasteiger partial charge in [-0.05, 0) is 44.0 Å². The highest BCUT2D eigenvalue weighted by molar-refractivity contribution is 7.89. The summed E-state index contributed by atoms with van der Waals surface area (Å²) in [5, 5.41) is 3.32. The minimum absolute atomic E-state index is 0. The Balaban J connectivity index is 0.00000225. The van der Waals surface area contributed by atoms with Gasteiger partial charge in [0.2, 0.25) is 10.0 Å². The molecule has 3 rings (SSSR count). The quantitative estimate of drug-likeness (QED) is 0.838. The van der Waals surface area contributed by atoms with E-state index in [1.54, 1.807) is 13.1 Å². The third kappa shape index (κ3) is 3.92. The molecule has 0 unspecified atom stereocenters. The number of piperidine rings is 1. The summed E-state index contributed by atoms with van der Waals surface area (Å²) in [7, 11) is -1.96. The predicted octanol–water partition coefficient (Wildman–Crippen LogP) is 1.56. The normalized spacial score (nSPS) is 16.9. The van der Waals surface area contributed by atoms with E-state index in [2.05, 4.69) is 12.2 Å².